The fourth-order valence-electron chi connectivity index (χ4n) is 1.78. The largest absolute Gasteiger partial charge is 0.338 e. The minimum Gasteiger partial charge on any atom is -0.338 e. The molecule has 0 aliphatic carbocycles. The van der Waals surface area contributed by atoms with Gasteiger partial charge in [-0.2, -0.15) is 4.98 Å². The van der Waals surface area contributed by atoms with Gasteiger partial charge in [-0.15, -0.1) is 10.2 Å². The predicted molar refractivity (Wildman–Crippen MR) is 76.2 cm³/mol. The van der Waals surface area contributed by atoms with Crippen LogP contribution in [0.1, 0.15) is 31.4 Å². The first-order valence-corrected chi connectivity index (χ1v) is 7.62. The maximum atomic E-state index is 5.59. The van der Waals surface area contributed by atoms with Crippen LogP contribution >= 0.6 is 11.8 Å². The first-order chi connectivity index (χ1) is 9.60. The van der Waals surface area contributed by atoms with Crippen LogP contribution in [0.3, 0.4) is 0 Å². The summed E-state index contributed by atoms with van der Waals surface area (Å²) in [5.74, 6) is 3.35. The third-order valence-electron chi connectivity index (χ3n) is 2.68. The monoisotopic (exact) mass is 296 g/mol. The zero-order valence-electron chi connectivity index (χ0n) is 12.0. The molecule has 0 aliphatic heterocycles. The van der Waals surface area contributed by atoms with E-state index in [1.807, 2.05) is 11.5 Å². The summed E-state index contributed by atoms with van der Waals surface area (Å²) >= 11 is 1.53. The average Bonchev–Trinajstić information content (AvgIpc) is 2.96. The summed E-state index contributed by atoms with van der Waals surface area (Å²) in [7, 11) is 0. The van der Waals surface area contributed by atoms with Crippen molar-refractivity contribution in [1.82, 2.24) is 24.9 Å². The molecule has 0 atom stereocenters. The highest BCUT2D eigenvalue weighted by molar-refractivity contribution is 7.98. The third kappa shape index (κ3) is 3.80. The van der Waals surface area contributed by atoms with Crippen LogP contribution in [0.5, 0.6) is 0 Å². The van der Waals surface area contributed by atoms with E-state index in [2.05, 4.69) is 34.2 Å². The number of rotatable bonds is 7. The van der Waals surface area contributed by atoms with Crippen LogP contribution in [-0.2, 0) is 18.7 Å². The number of nitrogens with two attached hydrogens (primary N) is 1. The number of aromatic nitrogens is 5. The van der Waals surface area contributed by atoms with Crippen molar-refractivity contribution >= 4 is 11.8 Å². The zero-order chi connectivity index (χ0) is 14.5. The van der Waals surface area contributed by atoms with E-state index in [-0.39, 0.29) is 0 Å². The first-order valence-electron chi connectivity index (χ1n) is 6.64. The second-order valence-electron chi connectivity index (χ2n) is 4.96. The van der Waals surface area contributed by atoms with Gasteiger partial charge in [-0.25, -0.2) is 0 Å². The number of hydrogen-bond donors (Lipinski definition) is 1. The summed E-state index contributed by atoms with van der Waals surface area (Å²) in [6.07, 6.45) is 0.830. The van der Waals surface area contributed by atoms with Gasteiger partial charge in [0.25, 0.3) is 0 Å². The van der Waals surface area contributed by atoms with Crippen molar-refractivity contribution in [2.24, 2.45) is 11.7 Å². The molecule has 0 saturated carbocycles. The quantitative estimate of drug-likeness (QED) is 0.772. The Hall–Kier alpha value is -1.41. The molecule has 2 N–H and O–H groups in total. The van der Waals surface area contributed by atoms with Gasteiger partial charge in [0.15, 0.2) is 11.0 Å². The molecule has 0 radical (unpaired) electrons. The van der Waals surface area contributed by atoms with E-state index in [1.54, 1.807) is 0 Å². The molecule has 0 unspecified atom stereocenters. The molecule has 0 bridgehead atoms. The molecule has 20 heavy (non-hydrogen) atoms. The summed E-state index contributed by atoms with van der Waals surface area (Å²) in [6, 6.07) is 0. The van der Waals surface area contributed by atoms with Crippen molar-refractivity contribution in [3.63, 3.8) is 0 Å². The Labute approximate surface area is 122 Å². The second-order valence-corrected chi connectivity index (χ2v) is 5.90. The molecule has 2 heterocycles. The van der Waals surface area contributed by atoms with E-state index < -0.39 is 0 Å². The Balaban J connectivity index is 1.96. The Morgan fingerprint density at radius 1 is 1.35 bits per heavy atom. The van der Waals surface area contributed by atoms with E-state index >= 15 is 0 Å². The highest BCUT2D eigenvalue weighted by Gasteiger charge is 2.12. The van der Waals surface area contributed by atoms with Crippen LogP contribution in [0.2, 0.25) is 0 Å². The molecule has 0 amide bonds. The molecule has 7 nitrogen and oxygen atoms in total. The van der Waals surface area contributed by atoms with Crippen LogP contribution in [-0.4, -0.2) is 31.4 Å². The molecule has 110 valence electrons. The summed E-state index contributed by atoms with van der Waals surface area (Å²) < 4.78 is 7.23. The minimum absolute atomic E-state index is 0.517. The van der Waals surface area contributed by atoms with Gasteiger partial charge in [-0.05, 0) is 12.8 Å². The molecular weight excluding hydrogens is 276 g/mol. The molecule has 0 aromatic carbocycles. The van der Waals surface area contributed by atoms with Crippen molar-refractivity contribution in [2.45, 2.75) is 44.6 Å². The average molecular weight is 296 g/mol. The molecule has 2 rings (SSSR count). The van der Waals surface area contributed by atoms with Crippen molar-refractivity contribution in [2.75, 3.05) is 6.54 Å². The fraction of sp³-hybridized carbons (Fsp3) is 0.667. The first kappa shape index (κ1) is 15.0. The highest BCUT2D eigenvalue weighted by Crippen LogP contribution is 2.21. The SMILES string of the molecule is Cc1nnc(SCc2nc(CC(C)C)no2)n1CCN. The Morgan fingerprint density at radius 3 is 2.85 bits per heavy atom. The van der Waals surface area contributed by atoms with E-state index in [0.717, 1.165) is 23.2 Å². The Morgan fingerprint density at radius 2 is 2.15 bits per heavy atom. The lowest BCUT2D eigenvalue weighted by Crippen LogP contribution is -2.12. The Kier molecular flexibility index (Phi) is 5.13. The molecule has 0 aliphatic rings. The molecule has 2 aromatic heterocycles. The maximum absolute atomic E-state index is 5.59. The lowest BCUT2D eigenvalue weighted by molar-refractivity contribution is 0.382. The highest BCUT2D eigenvalue weighted by atomic mass is 32.2. The normalized spacial score (nSPS) is 11.4. The van der Waals surface area contributed by atoms with Crippen LogP contribution in [0.25, 0.3) is 0 Å². The number of aryl methyl sites for hydroxylation is 1. The van der Waals surface area contributed by atoms with Crippen molar-refractivity contribution < 1.29 is 4.52 Å². The van der Waals surface area contributed by atoms with Gasteiger partial charge < -0.3 is 14.8 Å². The smallest absolute Gasteiger partial charge is 0.237 e. The fourth-order valence-corrected chi connectivity index (χ4v) is 2.63. The standard InChI is InChI=1S/C12H20N6OS/c1-8(2)6-10-14-11(19-17-10)7-20-12-16-15-9(3)18(12)5-4-13/h8H,4-7,13H2,1-3H3. The van der Waals surface area contributed by atoms with Gasteiger partial charge in [0, 0.05) is 19.5 Å². The van der Waals surface area contributed by atoms with Gasteiger partial charge in [0.1, 0.15) is 5.82 Å². The van der Waals surface area contributed by atoms with Gasteiger partial charge in [-0.1, -0.05) is 30.8 Å². The van der Waals surface area contributed by atoms with Crippen molar-refractivity contribution in [1.29, 1.82) is 0 Å². The van der Waals surface area contributed by atoms with E-state index in [9.17, 15) is 0 Å². The predicted octanol–water partition coefficient (Wildman–Crippen LogP) is 1.42. The van der Waals surface area contributed by atoms with Gasteiger partial charge >= 0.3 is 0 Å². The number of nitrogens with zero attached hydrogens (tertiary/aromatic N) is 5. The number of hydrogen-bond acceptors (Lipinski definition) is 7. The topological polar surface area (TPSA) is 95.6 Å². The van der Waals surface area contributed by atoms with Gasteiger partial charge in [-0.3, -0.25) is 0 Å². The zero-order valence-corrected chi connectivity index (χ0v) is 12.9. The third-order valence-corrected chi connectivity index (χ3v) is 3.63. The summed E-state index contributed by atoms with van der Waals surface area (Å²) in [4.78, 5) is 4.37. The van der Waals surface area contributed by atoms with Crippen LogP contribution in [0, 0.1) is 12.8 Å². The van der Waals surface area contributed by atoms with E-state index in [4.69, 9.17) is 10.3 Å². The van der Waals surface area contributed by atoms with Gasteiger partial charge in [0.05, 0.1) is 5.75 Å². The second kappa shape index (κ2) is 6.85. The van der Waals surface area contributed by atoms with Crippen molar-refractivity contribution in [3.05, 3.63) is 17.5 Å². The van der Waals surface area contributed by atoms with E-state index in [1.165, 1.54) is 11.8 Å². The van der Waals surface area contributed by atoms with Crippen LogP contribution < -0.4 is 5.73 Å². The summed E-state index contributed by atoms with van der Waals surface area (Å²) in [5, 5.41) is 13.0. The number of thioether (sulfide) groups is 1. The summed E-state index contributed by atoms with van der Waals surface area (Å²) in [5.41, 5.74) is 5.59. The van der Waals surface area contributed by atoms with Crippen LogP contribution in [0.4, 0.5) is 0 Å². The molecular formula is C12H20N6OS. The van der Waals surface area contributed by atoms with Crippen molar-refractivity contribution in [3.8, 4) is 0 Å². The molecule has 0 fully saturated rings. The van der Waals surface area contributed by atoms with Gasteiger partial charge in [0.2, 0.25) is 5.89 Å². The lowest BCUT2D eigenvalue weighted by atomic mass is 10.1. The maximum Gasteiger partial charge on any atom is 0.237 e. The Bertz CT molecular complexity index is 550. The minimum atomic E-state index is 0.517. The lowest BCUT2D eigenvalue weighted by Gasteiger charge is -2.04. The summed E-state index contributed by atoms with van der Waals surface area (Å²) in [6.45, 7) is 7.45. The molecule has 2 aromatic rings. The van der Waals surface area contributed by atoms with E-state index in [0.29, 0.717) is 30.7 Å². The molecule has 8 heteroatoms. The molecule has 0 spiro atoms. The van der Waals surface area contributed by atoms with Crippen LogP contribution in [0.15, 0.2) is 9.68 Å². The molecule has 0 saturated heterocycles.